The van der Waals surface area contributed by atoms with E-state index in [-0.39, 0.29) is 5.03 Å². The summed E-state index contributed by atoms with van der Waals surface area (Å²) in [6.07, 6.45) is 4.92. The van der Waals surface area contributed by atoms with Crippen LogP contribution in [0.4, 0.5) is 17.2 Å². The van der Waals surface area contributed by atoms with Gasteiger partial charge in [0.2, 0.25) is 0 Å². The van der Waals surface area contributed by atoms with E-state index in [0.29, 0.717) is 23.1 Å². The fourth-order valence-electron chi connectivity index (χ4n) is 2.55. The molecule has 3 aromatic heterocycles. The molecule has 148 valence electrons. The molecule has 0 amide bonds. The Morgan fingerprint density at radius 1 is 1.00 bits per heavy atom. The van der Waals surface area contributed by atoms with Gasteiger partial charge in [-0.15, -0.1) is 10.2 Å². The normalized spacial score (nSPS) is 11.4. The molecule has 4 aromatic rings. The van der Waals surface area contributed by atoms with Gasteiger partial charge in [0.05, 0.1) is 0 Å². The van der Waals surface area contributed by atoms with E-state index < -0.39 is 10.0 Å². The molecule has 0 atom stereocenters. The molecule has 1 aromatic carbocycles. The first-order valence-corrected chi connectivity index (χ1v) is 10.1. The van der Waals surface area contributed by atoms with Gasteiger partial charge in [0.15, 0.2) is 16.7 Å². The van der Waals surface area contributed by atoms with E-state index in [9.17, 15) is 8.42 Å². The zero-order valence-corrected chi connectivity index (χ0v) is 16.5. The summed E-state index contributed by atoms with van der Waals surface area (Å²) in [4.78, 5) is 4.06. The quantitative estimate of drug-likeness (QED) is 0.500. The molecule has 0 aliphatic rings. The minimum Gasteiger partial charge on any atom is -0.339 e. The minimum absolute atomic E-state index is 0.0211. The van der Waals surface area contributed by atoms with Crippen LogP contribution in [-0.4, -0.2) is 37.9 Å². The van der Waals surface area contributed by atoms with Crippen LogP contribution in [-0.2, 0) is 17.1 Å². The van der Waals surface area contributed by atoms with Gasteiger partial charge in [0.25, 0.3) is 10.0 Å². The maximum Gasteiger partial charge on any atom is 0.280 e. The lowest BCUT2D eigenvalue weighted by atomic mass is 10.3. The van der Waals surface area contributed by atoms with E-state index in [4.69, 9.17) is 0 Å². The maximum atomic E-state index is 12.4. The molecule has 0 saturated heterocycles. The topological polar surface area (TPSA) is 120 Å². The van der Waals surface area contributed by atoms with E-state index in [1.807, 2.05) is 0 Å². The molecule has 0 fully saturated rings. The Balaban J connectivity index is 1.44. The molecule has 0 spiro atoms. The maximum absolute atomic E-state index is 12.4. The van der Waals surface area contributed by atoms with Gasteiger partial charge < -0.3 is 9.88 Å². The number of benzene rings is 1. The van der Waals surface area contributed by atoms with Crippen molar-refractivity contribution in [2.24, 2.45) is 7.05 Å². The van der Waals surface area contributed by atoms with Crippen molar-refractivity contribution < 1.29 is 8.42 Å². The molecular formula is C18H18N8O2S. The fraction of sp³-hybridized carbons (Fsp3) is 0.111. The molecule has 2 N–H and O–H groups in total. The summed E-state index contributed by atoms with van der Waals surface area (Å²) >= 11 is 0. The first kappa shape index (κ1) is 18.6. The molecule has 29 heavy (non-hydrogen) atoms. The van der Waals surface area contributed by atoms with Crippen molar-refractivity contribution in [3.8, 4) is 5.82 Å². The molecule has 3 heterocycles. The number of anilines is 3. The number of nitrogens with one attached hydrogen (secondary N) is 2. The molecule has 0 aliphatic heterocycles. The number of sulfonamides is 1. The minimum atomic E-state index is -3.75. The smallest absolute Gasteiger partial charge is 0.280 e. The number of hydrogen-bond acceptors (Lipinski definition) is 7. The van der Waals surface area contributed by atoms with Crippen LogP contribution in [0.3, 0.4) is 0 Å². The highest BCUT2D eigenvalue weighted by Gasteiger charge is 2.18. The summed E-state index contributed by atoms with van der Waals surface area (Å²) in [5.41, 5.74) is 1.17. The SMILES string of the molecule is Cc1nc(S(=O)(=O)Nc2ccc(Nc3ccc(-n4cccn4)nn3)cc2)cn1C. The van der Waals surface area contributed by atoms with Crippen LogP contribution < -0.4 is 10.0 Å². The number of aryl methyl sites for hydroxylation is 2. The lowest BCUT2D eigenvalue weighted by molar-refractivity contribution is 0.598. The predicted octanol–water partition coefficient (Wildman–Crippen LogP) is 2.25. The van der Waals surface area contributed by atoms with Crippen LogP contribution >= 0.6 is 0 Å². The molecule has 0 unspecified atom stereocenters. The predicted molar refractivity (Wildman–Crippen MR) is 108 cm³/mol. The van der Waals surface area contributed by atoms with Crippen molar-refractivity contribution in [2.45, 2.75) is 11.9 Å². The van der Waals surface area contributed by atoms with Gasteiger partial charge in [-0.2, -0.15) is 13.5 Å². The van der Waals surface area contributed by atoms with Crippen LogP contribution in [0.25, 0.3) is 5.82 Å². The van der Waals surface area contributed by atoms with Crippen LogP contribution in [0.1, 0.15) is 5.82 Å². The summed E-state index contributed by atoms with van der Waals surface area (Å²) in [6.45, 7) is 1.74. The van der Waals surface area contributed by atoms with Crippen LogP contribution in [0, 0.1) is 6.92 Å². The monoisotopic (exact) mass is 410 g/mol. The van der Waals surface area contributed by atoms with Crippen molar-refractivity contribution in [1.29, 1.82) is 0 Å². The van der Waals surface area contributed by atoms with Crippen LogP contribution in [0.15, 0.2) is 66.1 Å². The molecule has 0 aliphatic carbocycles. The molecule has 0 saturated carbocycles. The Morgan fingerprint density at radius 2 is 1.76 bits per heavy atom. The molecule has 11 heteroatoms. The van der Waals surface area contributed by atoms with Crippen molar-refractivity contribution in [3.05, 3.63) is 66.9 Å². The van der Waals surface area contributed by atoms with Gasteiger partial charge in [-0.05, 0) is 49.4 Å². The zero-order valence-electron chi connectivity index (χ0n) is 15.7. The highest BCUT2D eigenvalue weighted by molar-refractivity contribution is 7.92. The highest BCUT2D eigenvalue weighted by atomic mass is 32.2. The van der Waals surface area contributed by atoms with Gasteiger partial charge in [-0.25, -0.2) is 9.67 Å². The summed E-state index contributed by atoms with van der Waals surface area (Å²) < 4.78 is 30.7. The number of aromatic nitrogens is 6. The summed E-state index contributed by atoms with van der Waals surface area (Å²) in [6, 6.07) is 12.2. The second-order valence-corrected chi connectivity index (χ2v) is 7.90. The lowest BCUT2D eigenvalue weighted by Crippen LogP contribution is -2.13. The van der Waals surface area contributed by atoms with E-state index >= 15 is 0 Å². The van der Waals surface area contributed by atoms with Gasteiger partial charge in [0, 0.05) is 37.0 Å². The fourth-order valence-corrected chi connectivity index (χ4v) is 3.65. The Morgan fingerprint density at radius 3 is 2.34 bits per heavy atom. The first-order chi connectivity index (χ1) is 13.9. The Hall–Kier alpha value is -3.73. The number of hydrogen-bond donors (Lipinski definition) is 2. The third kappa shape index (κ3) is 4.09. The van der Waals surface area contributed by atoms with Crippen molar-refractivity contribution >= 4 is 27.2 Å². The van der Waals surface area contributed by atoms with Gasteiger partial charge >= 0.3 is 0 Å². The first-order valence-electron chi connectivity index (χ1n) is 8.64. The Labute approximate surface area is 167 Å². The third-order valence-corrected chi connectivity index (χ3v) is 5.41. The molecule has 10 nitrogen and oxygen atoms in total. The van der Waals surface area contributed by atoms with Crippen LogP contribution in [0.5, 0.6) is 0 Å². The molecule has 0 bridgehead atoms. The summed E-state index contributed by atoms with van der Waals surface area (Å²) in [7, 11) is -2.00. The van der Waals surface area contributed by atoms with Crippen molar-refractivity contribution in [3.63, 3.8) is 0 Å². The second-order valence-electron chi connectivity index (χ2n) is 6.27. The average molecular weight is 410 g/mol. The van der Waals surface area contributed by atoms with E-state index in [1.54, 1.807) is 78.1 Å². The van der Waals surface area contributed by atoms with Crippen LogP contribution in [0.2, 0.25) is 0 Å². The van der Waals surface area contributed by atoms with Crippen molar-refractivity contribution in [2.75, 3.05) is 10.0 Å². The zero-order chi connectivity index (χ0) is 20.4. The summed E-state index contributed by atoms with van der Waals surface area (Å²) in [5, 5.41) is 15.4. The molecule has 0 radical (unpaired) electrons. The lowest BCUT2D eigenvalue weighted by Gasteiger charge is -2.08. The average Bonchev–Trinajstić information content (AvgIpc) is 3.35. The third-order valence-electron chi connectivity index (χ3n) is 4.16. The van der Waals surface area contributed by atoms with Gasteiger partial charge in [-0.3, -0.25) is 4.72 Å². The molecular weight excluding hydrogens is 392 g/mol. The number of nitrogens with zero attached hydrogens (tertiary/aromatic N) is 6. The number of rotatable bonds is 6. The van der Waals surface area contributed by atoms with E-state index in [2.05, 4.69) is 30.3 Å². The van der Waals surface area contributed by atoms with Crippen molar-refractivity contribution in [1.82, 2.24) is 29.5 Å². The highest BCUT2D eigenvalue weighted by Crippen LogP contribution is 2.20. The standard InChI is InChI=1S/C18H18N8O2S/c1-13-20-18(12-25(13)2)29(27,28)24-15-6-4-14(5-7-15)21-16-8-9-17(23-22-16)26-11-3-10-19-26/h3-12,24H,1-2H3,(H,21,22). The summed E-state index contributed by atoms with van der Waals surface area (Å²) in [5.74, 6) is 1.78. The van der Waals surface area contributed by atoms with Gasteiger partial charge in [0.1, 0.15) is 5.82 Å². The van der Waals surface area contributed by atoms with Gasteiger partial charge in [-0.1, -0.05) is 0 Å². The van der Waals surface area contributed by atoms with E-state index in [0.717, 1.165) is 5.69 Å². The largest absolute Gasteiger partial charge is 0.339 e. The molecule has 4 rings (SSSR count). The Kier molecular flexibility index (Phi) is 4.72. The Bertz CT molecular complexity index is 1190. The number of imidazole rings is 1. The second kappa shape index (κ2) is 7.36. The van der Waals surface area contributed by atoms with E-state index in [1.165, 1.54) is 6.20 Å².